The molecule has 3 N–H and O–H groups in total. The molecule has 0 aromatic heterocycles. The van der Waals surface area contributed by atoms with Gasteiger partial charge in [0.2, 0.25) is 11.8 Å². The van der Waals surface area contributed by atoms with E-state index in [1.54, 1.807) is 38.1 Å². The molecule has 35 heavy (non-hydrogen) atoms. The second-order valence-electron chi connectivity index (χ2n) is 8.31. The minimum absolute atomic E-state index is 0.153. The van der Waals surface area contributed by atoms with E-state index in [2.05, 4.69) is 10.6 Å². The van der Waals surface area contributed by atoms with Gasteiger partial charge in [-0.05, 0) is 37.5 Å². The number of hydrogen-bond acceptors (Lipinski definition) is 6. The van der Waals surface area contributed by atoms with Crippen molar-refractivity contribution in [3.63, 3.8) is 0 Å². The zero-order valence-corrected chi connectivity index (χ0v) is 20.1. The van der Waals surface area contributed by atoms with Crippen LogP contribution in [0.2, 0.25) is 0 Å². The van der Waals surface area contributed by atoms with Crippen molar-refractivity contribution in [1.82, 2.24) is 10.6 Å². The van der Waals surface area contributed by atoms with E-state index in [1.165, 1.54) is 0 Å². The summed E-state index contributed by atoms with van der Waals surface area (Å²) in [5, 5.41) is 13.7. The summed E-state index contributed by atoms with van der Waals surface area (Å²) >= 11 is 0. The van der Waals surface area contributed by atoms with Crippen LogP contribution in [0.15, 0.2) is 42.5 Å². The monoisotopic (exact) mass is 482 g/mol. The Morgan fingerprint density at radius 3 is 2.17 bits per heavy atom. The molecule has 2 amide bonds. The second kappa shape index (κ2) is 13.0. The van der Waals surface area contributed by atoms with Crippen molar-refractivity contribution < 1.29 is 33.8 Å². The Kier molecular flexibility index (Phi) is 10.1. The SMILES string of the molecule is Cc1cc(C)c(C(=O)OCC(=O)CNC(=O)[C@H](Cc2ccccc2)NC(=O)CCC(=O)O)c(C)c1. The number of carbonyl (C=O) groups excluding carboxylic acids is 4. The normalized spacial score (nSPS) is 11.3. The van der Waals surface area contributed by atoms with E-state index in [-0.39, 0.29) is 19.3 Å². The molecular weight excluding hydrogens is 452 g/mol. The van der Waals surface area contributed by atoms with Gasteiger partial charge in [0.25, 0.3) is 0 Å². The summed E-state index contributed by atoms with van der Waals surface area (Å²) < 4.78 is 5.13. The molecule has 2 aromatic rings. The van der Waals surface area contributed by atoms with Crippen LogP contribution >= 0.6 is 0 Å². The van der Waals surface area contributed by atoms with Crippen molar-refractivity contribution in [2.45, 2.75) is 46.1 Å². The van der Waals surface area contributed by atoms with Crippen LogP contribution in [0.5, 0.6) is 0 Å². The number of nitrogens with one attached hydrogen (secondary N) is 2. The number of aliphatic carboxylic acids is 1. The van der Waals surface area contributed by atoms with Gasteiger partial charge < -0.3 is 20.5 Å². The molecule has 0 fully saturated rings. The van der Waals surface area contributed by atoms with Crippen molar-refractivity contribution >= 4 is 29.5 Å². The molecule has 2 aromatic carbocycles. The summed E-state index contributed by atoms with van der Waals surface area (Å²) in [6.07, 6.45) is -0.490. The number of ketones is 1. The highest BCUT2D eigenvalue weighted by atomic mass is 16.5. The number of carbonyl (C=O) groups is 5. The van der Waals surface area contributed by atoms with Gasteiger partial charge >= 0.3 is 11.9 Å². The first-order chi connectivity index (χ1) is 16.6. The van der Waals surface area contributed by atoms with Gasteiger partial charge in [-0.1, -0.05) is 48.0 Å². The Morgan fingerprint density at radius 2 is 1.57 bits per heavy atom. The average Bonchev–Trinajstić information content (AvgIpc) is 2.79. The predicted molar refractivity (Wildman–Crippen MR) is 128 cm³/mol. The molecule has 0 aliphatic heterocycles. The van der Waals surface area contributed by atoms with Crippen molar-refractivity contribution in [3.05, 3.63) is 70.3 Å². The first-order valence-electron chi connectivity index (χ1n) is 11.2. The van der Waals surface area contributed by atoms with Crippen molar-refractivity contribution in [1.29, 1.82) is 0 Å². The van der Waals surface area contributed by atoms with Crippen molar-refractivity contribution in [2.75, 3.05) is 13.2 Å². The van der Waals surface area contributed by atoms with Gasteiger partial charge in [0.15, 0.2) is 12.4 Å². The van der Waals surface area contributed by atoms with Gasteiger partial charge in [0, 0.05) is 12.8 Å². The lowest BCUT2D eigenvalue weighted by atomic mass is 10.00. The molecule has 0 spiro atoms. The van der Waals surface area contributed by atoms with E-state index in [0.717, 1.165) is 22.3 Å². The Balaban J connectivity index is 1.93. The molecule has 186 valence electrons. The minimum Gasteiger partial charge on any atom is -0.481 e. The minimum atomic E-state index is -1.12. The summed E-state index contributed by atoms with van der Waals surface area (Å²) in [5.74, 6) is -3.47. The lowest BCUT2D eigenvalue weighted by Crippen LogP contribution is -2.49. The van der Waals surface area contributed by atoms with Gasteiger partial charge in [-0.25, -0.2) is 4.79 Å². The van der Waals surface area contributed by atoms with E-state index in [1.807, 2.05) is 25.1 Å². The van der Waals surface area contributed by atoms with Crippen LogP contribution in [0.1, 0.15) is 45.5 Å². The van der Waals surface area contributed by atoms with Crippen LogP contribution in [0, 0.1) is 20.8 Å². The maximum absolute atomic E-state index is 12.7. The fourth-order valence-electron chi connectivity index (χ4n) is 3.63. The summed E-state index contributed by atoms with van der Waals surface area (Å²) in [5.41, 5.74) is 3.68. The molecule has 0 bridgehead atoms. The molecule has 0 aliphatic rings. The molecule has 1 atom stereocenters. The number of carboxylic acids is 1. The molecule has 0 unspecified atom stereocenters. The van der Waals surface area contributed by atoms with Crippen LogP contribution in [0.25, 0.3) is 0 Å². The second-order valence-corrected chi connectivity index (χ2v) is 8.31. The van der Waals surface area contributed by atoms with E-state index >= 15 is 0 Å². The molecule has 0 saturated heterocycles. The Labute approximate surface area is 203 Å². The van der Waals surface area contributed by atoms with Gasteiger partial charge in [-0.3, -0.25) is 19.2 Å². The van der Waals surface area contributed by atoms with Crippen LogP contribution < -0.4 is 10.6 Å². The van der Waals surface area contributed by atoms with Crippen molar-refractivity contribution in [3.8, 4) is 0 Å². The summed E-state index contributed by atoms with van der Waals surface area (Å²) in [6.45, 7) is 4.59. The third-order valence-corrected chi connectivity index (χ3v) is 5.21. The quantitative estimate of drug-likeness (QED) is 0.394. The lowest BCUT2D eigenvalue weighted by Gasteiger charge is -2.18. The first-order valence-corrected chi connectivity index (χ1v) is 11.2. The van der Waals surface area contributed by atoms with Gasteiger partial charge in [-0.15, -0.1) is 0 Å². The Hall–Kier alpha value is -4.01. The molecular formula is C26H30N2O7. The molecule has 0 heterocycles. The summed E-state index contributed by atoms with van der Waals surface area (Å²) in [6, 6.07) is 11.6. The highest BCUT2D eigenvalue weighted by Crippen LogP contribution is 2.17. The van der Waals surface area contributed by atoms with E-state index in [0.29, 0.717) is 5.56 Å². The number of aryl methyl sites for hydroxylation is 3. The van der Waals surface area contributed by atoms with Gasteiger partial charge in [0.1, 0.15) is 6.04 Å². The maximum Gasteiger partial charge on any atom is 0.339 e. The standard InChI is InChI=1S/C26H30N2O7/c1-16-11-17(2)24(18(3)12-16)26(34)35-15-20(29)14-27-25(33)21(13-19-7-5-4-6-8-19)28-22(30)9-10-23(31)32/h4-8,11-12,21H,9-10,13-15H2,1-3H3,(H,27,33)(H,28,30)(H,31,32)/t21-/m0/s1. The largest absolute Gasteiger partial charge is 0.481 e. The van der Waals surface area contributed by atoms with Crippen LogP contribution in [0.3, 0.4) is 0 Å². The highest BCUT2D eigenvalue weighted by molar-refractivity contribution is 5.96. The number of carboxylic acid groups (broad SMARTS) is 1. The molecule has 9 heteroatoms. The number of ether oxygens (including phenoxy) is 1. The van der Waals surface area contributed by atoms with E-state index < -0.39 is 48.7 Å². The van der Waals surface area contributed by atoms with Crippen molar-refractivity contribution in [2.24, 2.45) is 0 Å². The highest BCUT2D eigenvalue weighted by Gasteiger charge is 2.23. The van der Waals surface area contributed by atoms with Crippen LogP contribution in [-0.4, -0.2) is 53.8 Å². The molecule has 0 radical (unpaired) electrons. The smallest absolute Gasteiger partial charge is 0.339 e. The Morgan fingerprint density at radius 1 is 0.943 bits per heavy atom. The van der Waals surface area contributed by atoms with Crippen LogP contribution in [-0.2, 0) is 30.3 Å². The number of benzene rings is 2. The number of esters is 1. The predicted octanol–water partition coefficient (Wildman–Crippen LogP) is 2.05. The topological polar surface area (TPSA) is 139 Å². The maximum atomic E-state index is 12.7. The number of amides is 2. The summed E-state index contributed by atoms with van der Waals surface area (Å²) in [7, 11) is 0. The Bertz CT molecular complexity index is 1070. The lowest BCUT2D eigenvalue weighted by molar-refractivity contribution is -0.139. The summed E-state index contributed by atoms with van der Waals surface area (Å²) in [4.78, 5) is 60.2. The molecule has 0 saturated carbocycles. The first kappa shape index (κ1) is 27.2. The zero-order chi connectivity index (χ0) is 26.0. The van der Waals surface area contributed by atoms with Gasteiger partial charge in [-0.2, -0.15) is 0 Å². The zero-order valence-electron chi connectivity index (χ0n) is 20.1. The third-order valence-electron chi connectivity index (χ3n) is 5.21. The van der Waals surface area contributed by atoms with Gasteiger partial charge in [0.05, 0.1) is 18.5 Å². The van der Waals surface area contributed by atoms with E-state index in [9.17, 15) is 24.0 Å². The van der Waals surface area contributed by atoms with Crippen LogP contribution in [0.4, 0.5) is 0 Å². The molecule has 9 nitrogen and oxygen atoms in total. The third kappa shape index (κ3) is 9.04. The van der Waals surface area contributed by atoms with E-state index in [4.69, 9.17) is 9.84 Å². The molecule has 2 rings (SSSR count). The fourth-order valence-corrected chi connectivity index (χ4v) is 3.63. The number of rotatable bonds is 12. The fraction of sp³-hybridized carbons (Fsp3) is 0.346. The number of Topliss-reactive ketones (excluding diaryl/α,β-unsaturated/α-hetero) is 1. The average molecular weight is 483 g/mol. The molecule has 0 aliphatic carbocycles. The number of hydrogen-bond donors (Lipinski definition) is 3.